The number of carbonyl (C=O) groups is 1. The Balaban J connectivity index is 2.22. The summed E-state index contributed by atoms with van der Waals surface area (Å²) in [6, 6.07) is -0.0311. The quantitative estimate of drug-likeness (QED) is 0.870. The molecule has 0 aromatic carbocycles. The average Bonchev–Trinajstić information content (AvgIpc) is 2.80. The van der Waals surface area contributed by atoms with E-state index in [9.17, 15) is 9.90 Å². The van der Waals surface area contributed by atoms with Gasteiger partial charge in [-0.25, -0.2) is 0 Å². The van der Waals surface area contributed by atoms with Gasteiger partial charge in [0.1, 0.15) is 0 Å². The normalized spacial score (nSPS) is 23.4. The monoisotopic (exact) mass is 345 g/mol. The smallest absolute Gasteiger partial charge is 0.275 e. The van der Waals surface area contributed by atoms with Crippen LogP contribution in [-0.4, -0.2) is 58.0 Å². The maximum Gasteiger partial charge on any atom is 0.275 e. The van der Waals surface area contributed by atoms with Crippen LogP contribution >= 0.6 is 15.9 Å². The number of nitrogens with one attached hydrogen (secondary N) is 1. The molecule has 0 aliphatic carbocycles. The van der Waals surface area contributed by atoms with Gasteiger partial charge in [0.25, 0.3) is 5.91 Å². The maximum atomic E-state index is 12.6. The van der Waals surface area contributed by atoms with Crippen LogP contribution in [0, 0.1) is 0 Å². The molecule has 7 heteroatoms. The zero-order valence-corrected chi connectivity index (χ0v) is 13.5. The number of nitrogens with zero attached hydrogens (tertiary/aromatic N) is 2. The van der Waals surface area contributed by atoms with E-state index in [4.69, 9.17) is 4.74 Å². The average molecular weight is 346 g/mol. The summed E-state index contributed by atoms with van der Waals surface area (Å²) in [6.07, 6.45) is -0.322. The highest BCUT2D eigenvalue weighted by Gasteiger charge is 2.32. The topological polar surface area (TPSA) is 78.5 Å². The van der Waals surface area contributed by atoms with Crippen LogP contribution in [0.3, 0.4) is 0 Å². The third-order valence-corrected chi connectivity index (χ3v) is 4.29. The summed E-state index contributed by atoms with van der Waals surface area (Å²) in [5.74, 6) is 0.111. The number of aromatic nitrogens is 2. The Hall–Kier alpha value is -0.920. The number of amides is 1. The van der Waals surface area contributed by atoms with E-state index in [1.54, 1.807) is 4.90 Å². The van der Waals surface area contributed by atoms with Crippen LogP contribution < -0.4 is 0 Å². The summed E-state index contributed by atoms with van der Waals surface area (Å²) in [4.78, 5) is 14.3. The van der Waals surface area contributed by atoms with Crippen LogP contribution in [0.25, 0.3) is 0 Å². The standard InChI is InChI=1S/C13H20BrN3O3/c1-7(2)11-10(14)12(16-15-11)13(19)17-4-9(5-18)20-6-8(17)3/h7-9,18H,4-6H2,1-3H3,(H,15,16). The number of H-pyrrole nitrogens is 1. The summed E-state index contributed by atoms with van der Waals surface area (Å²) in [5, 5.41) is 16.2. The van der Waals surface area contributed by atoms with Crippen molar-refractivity contribution in [3.05, 3.63) is 15.9 Å². The number of aliphatic hydroxyl groups excluding tert-OH is 1. The lowest BCUT2D eigenvalue weighted by atomic mass is 10.1. The number of rotatable bonds is 3. The fourth-order valence-corrected chi connectivity index (χ4v) is 3.02. The minimum Gasteiger partial charge on any atom is -0.394 e. The number of aliphatic hydroxyl groups is 1. The molecule has 1 aliphatic heterocycles. The van der Waals surface area contributed by atoms with E-state index < -0.39 is 0 Å². The van der Waals surface area contributed by atoms with Crippen LogP contribution in [0.15, 0.2) is 4.47 Å². The summed E-state index contributed by atoms with van der Waals surface area (Å²) in [5.41, 5.74) is 1.30. The minimum atomic E-state index is -0.322. The largest absolute Gasteiger partial charge is 0.394 e. The lowest BCUT2D eigenvalue weighted by Gasteiger charge is -2.37. The molecule has 1 aliphatic rings. The highest BCUT2D eigenvalue weighted by atomic mass is 79.9. The highest BCUT2D eigenvalue weighted by Crippen LogP contribution is 2.27. The Bertz CT molecular complexity index is 489. The molecule has 0 radical (unpaired) electrons. The Morgan fingerprint density at radius 2 is 2.35 bits per heavy atom. The first-order valence-corrected chi connectivity index (χ1v) is 7.52. The Morgan fingerprint density at radius 3 is 2.90 bits per heavy atom. The lowest BCUT2D eigenvalue weighted by molar-refractivity contribution is -0.0669. The molecule has 20 heavy (non-hydrogen) atoms. The molecule has 0 saturated carbocycles. The van der Waals surface area contributed by atoms with Gasteiger partial charge in [-0.05, 0) is 28.8 Å². The maximum absolute atomic E-state index is 12.6. The van der Waals surface area contributed by atoms with Gasteiger partial charge in [0.2, 0.25) is 0 Å². The van der Waals surface area contributed by atoms with E-state index in [0.29, 0.717) is 18.8 Å². The van der Waals surface area contributed by atoms with Gasteiger partial charge >= 0.3 is 0 Å². The first kappa shape index (κ1) is 15.5. The molecule has 2 unspecified atom stereocenters. The van der Waals surface area contributed by atoms with E-state index in [2.05, 4.69) is 26.1 Å². The summed E-state index contributed by atoms with van der Waals surface area (Å²) in [7, 11) is 0. The fourth-order valence-electron chi connectivity index (χ4n) is 2.21. The number of aromatic amines is 1. The van der Waals surface area contributed by atoms with Gasteiger partial charge in [-0.3, -0.25) is 9.89 Å². The Labute approximate surface area is 126 Å². The Morgan fingerprint density at radius 1 is 1.65 bits per heavy atom. The molecule has 1 aromatic heterocycles. The van der Waals surface area contributed by atoms with E-state index in [0.717, 1.165) is 10.2 Å². The third kappa shape index (κ3) is 2.89. The van der Waals surface area contributed by atoms with Gasteiger partial charge < -0.3 is 14.7 Å². The van der Waals surface area contributed by atoms with Crippen LogP contribution in [0.4, 0.5) is 0 Å². The van der Waals surface area contributed by atoms with E-state index in [1.165, 1.54) is 0 Å². The first-order chi connectivity index (χ1) is 9.45. The van der Waals surface area contributed by atoms with Crippen molar-refractivity contribution in [2.75, 3.05) is 19.8 Å². The second kappa shape index (κ2) is 6.24. The number of ether oxygens (including phenoxy) is 1. The van der Waals surface area contributed by atoms with Gasteiger partial charge in [0.15, 0.2) is 5.69 Å². The summed E-state index contributed by atoms with van der Waals surface area (Å²) in [6.45, 7) is 6.71. The molecule has 2 atom stereocenters. The van der Waals surface area contributed by atoms with Crippen LogP contribution in [0.5, 0.6) is 0 Å². The van der Waals surface area contributed by atoms with Crippen LogP contribution in [0.2, 0.25) is 0 Å². The van der Waals surface area contributed by atoms with Crippen molar-refractivity contribution in [1.82, 2.24) is 15.1 Å². The second-order valence-electron chi connectivity index (χ2n) is 5.40. The molecule has 0 bridgehead atoms. The molecule has 1 aromatic rings. The van der Waals surface area contributed by atoms with Gasteiger partial charge in [0, 0.05) is 6.54 Å². The molecular weight excluding hydrogens is 326 g/mol. The number of carbonyl (C=O) groups excluding carboxylic acids is 1. The number of morpholine rings is 1. The van der Waals surface area contributed by atoms with Crippen molar-refractivity contribution < 1.29 is 14.6 Å². The van der Waals surface area contributed by atoms with E-state index >= 15 is 0 Å². The van der Waals surface area contributed by atoms with Gasteiger partial charge in [-0.15, -0.1) is 0 Å². The van der Waals surface area contributed by atoms with Crippen molar-refractivity contribution >= 4 is 21.8 Å². The predicted molar refractivity (Wildman–Crippen MR) is 77.7 cm³/mol. The SMILES string of the molecule is CC(C)c1[nH]nc(C(=O)N2CC(CO)OCC2C)c1Br. The molecule has 1 saturated heterocycles. The van der Waals surface area contributed by atoms with Crippen molar-refractivity contribution in [3.8, 4) is 0 Å². The summed E-state index contributed by atoms with van der Waals surface area (Å²) < 4.78 is 6.16. The molecule has 1 fully saturated rings. The number of halogens is 1. The highest BCUT2D eigenvalue weighted by molar-refractivity contribution is 9.10. The Kier molecular flexibility index (Phi) is 4.82. The minimum absolute atomic E-state index is 0.0311. The van der Waals surface area contributed by atoms with Crippen molar-refractivity contribution in [3.63, 3.8) is 0 Å². The molecular formula is C13H20BrN3O3. The van der Waals surface area contributed by atoms with Gasteiger partial charge in [0.05, 0.1) is 35.5 Å². The molecule has 6 nitrogen and oxygen atoms in total. The molecule has 2 rings (SSSR count). The predicted octanol–water partition coefficient (Wildman–Crippen LogP) is 1.52. The van der Waals surface area contributed by atoms with Gasteiger partial charge in [-0.1, -0.05) is 13.8 Å². The zero-order valence-electron chi connectivity index (χ0n) is 11.9. The van der Waals surface area contributed by atoms with Crippen LogP contribution in [0.1, 0.15) is 42.9 Å². The van der Waals surface area contributed by atoms with Crippen molar-refractivity contribution in [2.45, 2.75) is 38.8 Å². The van der Waals surface area contributed by atoms with Crippen LogP contribution in [-0.2, 0) is 4.74 Å². The lowest BCUT2D eigenvalue weighted by Crippen LogP contribution is -2.52. The molecule has 2 heterocycles. The molecule has 2 N–H and O–H groups in total. The van der Waals surface area contributed by atoms with Crippen molar-refractivity contribution in [2.24, 2.45) is 0 Å². The number of hydrogen-bond acceptors (Lipinski definition) is 4. The van der Waals surface area contributed by atoms with Gasteiger partial charge in [-0.2, -0.15) is 5.10 Å². The fraction of sp³-hybridized carbons (Fsp3) is 0.692. The first-order valence-electron chi connectivity index (χ1n) is 6.72. The third-order valence-electron chi connectivity index (χ3n) is 3.48. The second-order valence-corrected chi connectivity index (χ2v) is 6.19. The molecule has 1 amide bonds. The zero-order chi connectivity index (χ0) is 14.9. The molecule has 112 valence electrons. The van der Waals surface area contributed by atoms with Crippen molar-refractivity contribution in [1.29, 1.82) is 0 Å². The molecule has 0 spiro atoms. The number of hydrogen-bond donors (Lipinski definition) is 2. The summed E-state index contributed by atoms with van der Waals surface area (Å²) >= 11 is 3.45. The van der Waals surface area contributed by atoms with E-state index in [1.807, 2.05) is 20.8 Å². The van der Waals surface area contributed by atoms with E-state index in [-0.39, 0.29) is 30.6 Å².